The zero-order chi connectivity index (χ0) is 46.1. The van der Waals surface area contributed by atoms with Crippen LogP contribution in [-0.4, -0.2) is 68.6 Å². The van der Waals surface area contributed by atoms with Gasteiger partial charge in [-0.1, -0.05) is 72.8 Å². The maximum absolute atomic E-state index is 13.2. The third-order valence-electron chi connectivity index (χ3n) is 11.3. The van der Waals surface area contributed by atoms with Crippen molar-refractivity contribution in [1.29, 1.82) is 0 Å². The Morgan fingerprint density at radius 1 is 0.418 bits per heavy atom. The van der Waals surface area contributed by atoms with E-state index in [1.807, 2.05) is 36.4 Å². The van der Waals surface area contributed by atoms with E-state index in [9.17, 15) is 24.0 Å². The van der Waals surface area contributed by atoms with Gasteiger partial charge in [0.25, 0.3) is 0 Å². The van der Waals surface area contributed by atoms with Crippen LogP contribution in [0.3, 0.4) is 0 Å². The van der Waals surface area contributed by atoms with Gasteiger partial charge in [0.2, 0.25) is 0 Å². The van der Waals surface area contributed by atoms with E-state index >= 15 is 0 Å². The Bertz CT molecular complexity index is 3370. The summed E-state index contributed by atoms with van der Waals surface area (Å²) in [5.74, 6) is -2.00. The summed E-state index contributed by atoms with van der Waals surface area (Å²) in [5.41, 5.74) is 10.4. The van der Waals surface area contributed by atoms with Crippen LogP contribution in [0.5, 0.6) is 0 Å². The summed E-state index contributed by atoms with van der Waals surface area (Å²) in [6.07, 6.45) is 6.18. The van der Waals surface area contributed by atoms with E-state index in [1.54, 1.807) is 103 Å². The number of ether oxygens (including phenoxy) is 4. The van der Waals surface area contributed by atoms with Crippen molar-refractivity contribution in [2.75, 3.05) is 28.4 Å². The molecule has 14 heteroatoms. The first kappa shape index (κ1) is 45.1. The van der Waals surface area contributed by atoms with Gasteiger partial charge in [-0.2, -0.15) is 0 Å². The molecule has 0 fully saturated rings. The number of carbonyl (C=O) groups excluding carboxylic acids is 5. The van der Waals surface area contributed by atoms with E-state index in [0.717, 1.165) is 6.29 Å². The first-order valence-electron chi connectivity index (χ1n) is 20.4. The van der Waals surface area contributed by atoms with Gasteiger partial charge >= 0.3 is 40.4 Å². The van der Waals surface area contributed by atoms with Crippen molar-refractivity contribution in [1.82, 2.24) is 19.9 Å². The second kappa shape index (κ2) is 18.9. The van der Waals surface area contributed by atoms with Crippen LogP contribution in [0.2, 0.25) is 0 Å². The molecular formula is C53H36N4NiO9. The van der Waals surface area contributed by atoms with E-state index in [4.69, 9.17) is 38.9 Å². The number of nitrogens with zero attached hydrogens (tertiary/aromatic N) is 4. The van der Waals surface area contributed by atoms with Crippen molar-refractivity contribution < 1.29 is 59.4 Å². The second-order valence-electron chi connectivity index (χ2n) is 15.0. The second-order valence-corrected chi connectivity index (χ2v) is 15.0. The predicted molar refractivity (Wildman–Crippen MR) is 249 cm³/mol. The molecule has 5 heterocycles. The molecule has 0 atom stereocenters. The molecule has 2 aliphatic rings. The Kier molecular flexibility index (Phi) is 12.7. The number of allylic oxidation sites excluding steroid dienone is 1. The predicted octanol–water partition coefficient (Wildman–Crippen LogP) is 9.29. The molecule has 0 N–H and O–H groups in total. The summed E-state index contributed by atoms with van der Waals surface area (Å²) in [5, 5.41) is 0. The van der Waals surface area contributed by atoms with Crippen LogP contribution in [0.15, 0.2) is 121 Å². The maximum Gasteiger partial charge on any atom is 2.00 e. The van der Waals surface area contributed by atoms with Crippen molar-refractivity contribution in [2.45, 2.75) is 0 Å². The quantitative estimate of drug-likeness (QED) is 0.0580. The van der Waals surface area contributed by atoms with Crippen LogP contribution in [0.1, 0.15) is 64.2 Å². The van der Waals surface area contributed by atoms with Crippen molar-refractivity contribution in [3.63, 3.8) is 0 Å². The van der Waals surface area contributed by atoms with Crippen LogP contribution in [0.25, 0.3) is 90.4 Å². The number of esters is 4. The number of carbonyl (C=O) groups is 5. The number of rotatable bonds is 9. The molecule has 13 nitrogen and oxygen atoms in total. The Labute approximate surface area is 393 Å². The number of hydrogen-bond donors (Lipinski definition) is 0. The number of hydrogen-bond acceptors (Lipinski definition) is 11. The van der Waals surface area contributed by atoms with Crippen LogP contribution in [0.4, 0.5) is 0 Å². The molecule has 7 aromatic rings. The van der Waals surface area contributed by atoms with Gasteiger partial charge in [-0.05, 0) is 111 Å². The Hall–Kier alpha value is -8.48. The number of aromatic nitrogens is 4. The molecule has 0 saturated carbocycles. The monoisotopic (exact) mass is 930 g/mol. The van der Waals surface area contributed by atoms with Crippen molar-refractivity contribution in [2.24, 2.45) is 0 Å². The summed E-state index contributed by atoms with van der Waals surface area (Å²) in [6, 6.07) is 34.8. The molecule has 0 unspecified atom stereocenters. The minimum atomic E-state index is -0.516. The molecule has 2 aliphatic heterocycles. The summed E-state index contributed by atoms with van der Waals surface area (Å²) >= 11 is 0. The first-order chi connectivity index (χ1) is 32.1. The topological polar surface area (TPSA) is 176 Å². The zero-order valence-electron chi connectivity index (χ0n) is 36.1. The van der Waals surface area contributed by atoms with E-state index in [1.165, 1.54) is 28.4 Å². The van der Waals surface area contributed by atoms with Gasteiger partial charge in [-0.25, -0.2) is 29.1 Å². The van der Waals surface area contributed by atoms with Crippen molar-refractivity contribution in [3.05, 3.63) is 166 Å². The molecule has 332 valence electrons. The van der Waals surface area contributed by atoms with Crippen LogP contribution >= 0.6 is 0 Å². The van der Waals surface area contributed by atoms with Gasteiger partial charge in [0.15, 0.2) is 6.29 Å². The van der Waals surface area contributed by atoms with E-state index in [2.05, 4.69) is 0 Å². The molecule has 8 bridgehead atoms. The molecule has 3 aromatic heterocycles. The van der Waals surface area contributed by atoms with Crippen molar-refractivity contribution in [3.8, 4) is 44.5 Å². The van der Waals surface area contributed by atoms with Gasteiger partial charge in [0, 0.05) is 5.57 Å². The first-order valence-corrected chi connectivity index (χ1v) is 20.4. The van der Waals surface area contributed by atoms with Crippen LogP contribution in [-0.2, 0) is 40.2 Å². The maximum atomic E-state index is 13.2. The average Bonchev–Trinajstić information content (AvgIpc) is 4.21. The summed E-state index contributed by atoms with van der Waals surface area (Å²) < 4.78 is 19.9. The fourth-order valence-electron chi connectivity index (χ4n) is 8.02. The number of methoxy groups -OCH3 is 4. The van der Waals surface area contributed by atoms with E-state index < -0.39 is 23.9 Å². The van der Waals surface area contributed by atoms with Gasteiger partial charge in [0.05, 0.1) is 73.5 Å². The normalized spacial score (nSPS) is 11.5. The van der Waals surface area contributed by atoms with Gasteiger partial charge < -0.3 is 28.9 Å². The van der Waals surface area contributed by atoms with Gasteiger partial charge in [0.1, 0.15) is 0 Å². The minimum Gasteiger partial charge on any atom is -0.657 e. The number of aldehydes is 1. The molecule has 0 aliphatic carbocycles. The third-order valence-corrected chi connectivity index (χ3v) is 11.3. The SMILES string of the molecule is COC(=O)c1ccc(-c2c3nc(c(-c4ccc(C(=O)OC)cc4)c4ccc([n-]4)c(-c4ccc(C(=O)OC)cc4)c4nc(c(-c5ccc(C(=O)OC)cc5)c5ccc2[n-]5)C=C4C=O)C=C3)cc1.[Ni+2]. The molecule has 0 amide bonds. The van der Waals surface area contributed by atoms with Gasteiger partial charge in [-0.3, -0.25) is 4.79 Å². The van der Waals surface area contributed by atoms with Crippen LogP contribution < -0.4 is 9.97 Å². The molecule has 9 rings (SSSR count). The molecule has 0 saturated heterocycles. The largest absolute Gasteiger partial charge is 2.00 e. The third kappa shape index (κ3) is 8.49. The minimum absolute atomic E-state index is 0. The smallest absolute Gasteiger partial charge is 0.657 e. The summed E-state index contributed by atoms with van der Waals surface area (Å²) in [7, 11) is 5.26. The fraction of sp³-hybridized carbons (Fsp3) is 0.0755. The van der Waals surface area contributed by atoms with Gasteiger partial charge in [-0.15, -0.1) is 22.1 Å². The molecular weight excluding hydrogens is 895 g/mol. The molecule has 4 aromatic carbocycles. The Morgan fingerprint density at radius 2 is 0.716 bits per heavy atom. The van der Waals surface area contributed by atoms with Crippen LogP contribution in [0, 0.1) is 0 Å². The Morgan fingerprint density at radius 3 is 1.03 bits per heavy atom. The molecule has 67 heavy (non-hydrogen) atoms. The molecule has 0 spiro atoms. The molecule has 0 radical (unpaired) electrons. The zero-order valence-corrected chi connectivity index (χ0v) is 37.1. The fourth-order valence-corrected chi connectivity index (χ4v) is 8.02. The number of benzene rings is 4. The average molecular weight is 932 g/mol. The summed E-state index contributed by atoms with van der Waals surface area (Å²) in [4.78, 5) is 84.1. The number of fused-ring (bicyclic) bond motifs is 8. The Balaban J connectivity index is 0.00000608. The standard InChI is InChI=1S/C53H38N4O9.Ni/c1-63-50(59)33-13-5-29(6-14-33)45-38-21-22-39(54-38)46(30-7-15-34(16-8-30)51(60)64-2)41-25-26-43(56-41)48(32-11-19-36(20-12-32)53(62)66-4)49-37(28-58)27-44(57-49)47(42-24-23-40(45)55-42)31-9-17-35(18-10-31)52(61)65-3;/h5-28H,1-4H3,(H2,54,55,56,57,58,59,60,61,62);/q;+2/p-2. The van der Waals surface area contributed by atoms with Crippen molar-refractivity contribution >= 4 is 76.0 Å². The summed E-state index contributed by atoms with van der Waals surface area (Å²) in [6.45, 7) is 0. The van der Waals surface area contributed by atoms with E-state index in [-0.39, 0.29) is 22.1 Å². The van der Waals surface area contributed by atoms with E-state index in [0.29, 0.717) is 112 Å².